The van der Waals surface area contributed by atoms with Gasteiger partial charge in [-0.05, 0) is 51.4 Å². The fraction of sp³-hybridized carbons (Fsp3) is 0.918. The smallest absolute Gasteiger partial charge is 0.305 e. The van der Waals surface area contributed by atoms with Crippen molar-refractivity contribution in [1.29, 1.82) is 0 Å². The number of carbonyl (C=O) groups excluding carboxylic acids is 2. The first-order valence-corrected chi connectivity index (χ1v) is 36.1. The second-order valence-electron chi connectivity index (χ2n) is 24.9. The monoisotopic (exact) mass is 1110 g/mol. The van der Waals surface area contributed by atoms with E-state index in [-0.39, 0.29) is 18.5 Å². The Labute approximate surface area is 494 Å². The van der Waals surface area contributed by atoms with Crippen LogP contribution < -0.4 is 5.32 Å². The quantitative estimate of drug-likeness (QED) is 0.0320. The molecular weight excluding hydrogens is 971 g/mol. The summed E-state index contributed by atoms with van der Waals surface area (Å²) in [6, 6.07) is -0.535. The third-order valence-electron chi connectivity index (χ3n) is 17.0. The van der Waals surface area contributed by atoms with Crippen LogP contribution in [0.2, 0.25) is 0 Å². The van der Waals surface area contributed by atoms with E-state index in [0.29, 0.717) is 25.9 Å². The minimum Gasteiger partial charge on any atom is -0.466 e. The van der Waals surface area contributed by atoms with Crippen LogP contribution in [0.5, 0.6) is 0 Å². The zero-order chi connectivity index (χ0) is 57.1. The topological polar surface area (TPSA) is 95.9 Å². The molecule has 6 heteroatoms. The summed E-state index contributed by atoms with van der Waals surface area (Å²) in [6.07, 6.45) is 86.9. The van der Waals surface area contributed by atoms with Gasteiger partial charge in [0, 0.05) is 12.8 Å². The predicted molar refractivity (Wildman–Crippen MR) is 347 cm³/mol. The second-order valence-corrected chi connectivity index (χ2v) is 24.9. The normalized spacial score (nSPS) is 12.6. The van der Waals surface area contributed by atoms with Crippen molar-refractivity contribution in [1.82, 2.24) is 5.32 Å². The van der Waals surface area contributed by atoms with E-state index >= 15 is 0 Å². The number of ether oxygens (including phenoxy) is 1. The third kappa shape index (κ3) is 65.4. The van der Waals surface area contributed by atoms with E-state index in [9.17, 15) is 19.8 Å². The molecule has 0 radical (unpaired) electrons. The molecule has 0 saturated carbocycles. The molecule has 0 aliphatic rings. The van der Waals surface area contributed by atoms with E-state index in [2.05, 4.69) is 43.5 Å². The van der Waals surface area contributed by atoms with Gasteiger partial charge in [0.15, 0.2) is 0 Å². The van der Waals surface area contributed by atoms with Gasteiger partial charge >= 0.3 is 5.97 Å². The average molecular weight is 1110 g/mol. The van der Waals surface area contributed by atoms with Crippen LogP contribution >= 0.6 is 0 Å². The van der Waals surface area contributed by atoms with E-state index in [0.717, 1.165) is 51.4 Å². The molecular formula is C73H141NO5. The number of aliphatic hydroxyl groups is 2. The summed E-state index contributed by atoms with van der Waals surface area (Å²) in [5.74, 6) is -0.0192. The van der Waals surface area contributed by atoms with Gasteiger partial charge in [0.25, 0.3) is 0 Å². The zero-order valence-corrected chi connectivity index (χ0v) is 53.6. The van der Waals surface area contributed by atoms with Crippen molar-refractivity contribution in [2.75, 3.05) is 13.2 Å². The number of esters is 1. The van der Waals surface area contributed by atoms with Crippen molar-refractivity contribution in [2.45, 2.75) is 418 Å². The Morgan fingerprint density at radius 3 is 1.01 bits per heavy atom. The Morgan fingerprint density at radius 1 is 0.354 bits per heavy atom. The molecule has 2 atom stereocenters. The van der Waals surface area contributed by atoms with Crippen molar-refractivity contribution < 1.29 is 24.5 Å². The first kappa shape index (κ1) is 77.3. The van der Waals surface area contributed by atoms with Gasteiger partial charge in [0.2, 0.25) is 5.91 Å². The molecule has 0 spiro atoms. The molecule has 0 aliphatic heterocycles. The Bertz CT molecular complexity index is 1230. The molecule has 0 saturated heterocycles. The molecule has 79 heavy (non-hydrogen) atoms. The second kappa shape index (κ2) is 68.8. The number of carbonyl (C=O) groups is 2. The van der Waals surface area contributed by atoms with Crippen LogP contribution in [0.25, 0.3) is 0 Å². The fourth-order valence-electron chi connectivity index (χ4n) is 11.5. The van der Waals surface area contributed by atoms with Gasteiger partial charge in [-0.1, -0.05) is 366 Å². The lowest BCUT2D eigenvalue weighted by molar-refractivity contribution is -0.143. The van der Waals surface area contributed by atoms with E-state index < -0.39 is 12.1 Å². The standard InChI is InChI=1S/C73H141NO5/c1-3-5-7-9-11-13-15-42-47-51-55-59-63-67-73(78)79-68-64-60-56-52-48-44-41-39-37-35-33-31-29-27-25-23-21-19-17-18-20-22-24-26-28-30-32-34-36-38-40-43-46-50-54-58-62-66-72(77)74-70(69-75)71(76)65-61-57-53-49-45-16-14-12-10-8-6-4-2/h7,9,13,15,70-71,75-76H,3-6,8,10-12,14,16-69H2,1-2H3,(H,74,77)/b9-7-,15-13-. The number of aliphatic hydroxyl groups excluding tert-OH is 2. The van der Waals surface area contributed by atoms with Crippen molar-refractivity contribution in [3.05, 3.63) is 24.3 Å². The van der Waals surface area contributed by atoms with Crippen molar-refractivity contribution in [3.8, 4) is 0 Å². The molecule has 0 bridgehead atoms. The van der Waals surface area contributed by atoms with Crippen LogP contribution in [0.3, 0.4) is 0 Å². The average Bonchev–Trinajstić information content (AvgIpc) is 3.45. The summed E-state index contributed by atoms with van der Waals surface area (Å²) in [7, 11) is 0. The van der Waals surface area contributed by atoms with E-state index in [1.807, 2.05) is 0 Å². The Kier molecular flexibility index (Phi) is 67.4. The number of hydrogen-bond donors (Lipinski definition) is 3. The first-order chi connectivity index (χ1) is 39.0. The summed E-state index contributed by atoms with van der Waals surface area (Å²) in [6.45, 7) is 4.91. The number of rotatable bonds is 68. The van der Waals surface area contributed by atoms with E-state index in [4.69, 9.17) is 4.74 Å². The number of amides is 1. The molecule has 3 N–H and O–H groups in total. The number of hydrogen-bond acceptors (Lipinski definition) is 5. The maximum Gasteiger partial charge on any atom is 0.305 e. The van der Waals surface area contributed by atoms with Gasteiger partial charge in [-0.2, -0.15) is 0 Å². The van der Waals surface area contributed by atoms with E-state index in [1.165, 1.54) is 321 Å². The van der Waals surface area contributed by atoms with Crippen molar-refractivity contribution in [3.63, 3.8) is 0 Å². The first-order valence-electron chi connectivity index (χ1n) is 36.1. The van der Waals surface area contributed by atoms with Crippen molar-refractivity contribution >= 4 is 11.9 Å². The highest BCUT2D eigenvalue weighted by molar-refractivity contribution is 5.76. The predicted octanol–water partition coefficient (Wildman–Crippen LogP) is 23.3. The molecule has 0 heterocycles. The van der Waals surface area contributed by atoms with Gasteiger partial charge in [-0.3, -0.25) is 9.59 Å². The molecule has 0 fully saturated rings. The van der Waals surface area contributed by atoms with Crippen LogP contribution in [0.4, 0.5) is 0 Å². The summed E-state index contributed by atoms with van der Waals surface area (Å²) >= 11 is 0. The summed E-state index contributed by atoms with van der Waals surface area (Å²) < 4.78 is 5.48. The third-order valence-corrected chi connectivity index (χ3v) is 17.0. The highest BCUT2D eigenvalue weighted by Gasteiger charge is 2.20. The summed E-state index contributed by atoms with van der Waals surface area (Å²) in [4.78, 5) is 24.5. The Balaban J connectivity index is 3.28. The summed E-state index contributed by atoms with van der Waals surface area (Å²) in [5.41, 5.74) is 0. The Hall–Kier alpha value is -1.66. The SMILES string of the molecule is CCC/C=C\C/C=C\CCCCCCCC(=O)OCCCCCCCCCCCCCCCCCCCCCCCCCCCCCCCCCCCCCCCC(=O)NC(CO)C(O)CCCCCCCCCCCCCC. The molecule has 1 amide bonds. The molecule has 0 aromatic heterocycles. The molecule has 0 aromatic rings. The van der Waals surface area contributed by atoms with Gasteiger partial charge in [-0.25, -0.2) is 0 Å². The minimum absolute atomic E-state index is 0.00835. The van der Waals surface area contributed by atoms with Gasteiger partial charge < -0.3 is 20.3 Å². The van der Waals surface area contributed by atoms with Crippen LogP contribution in [-0.2, 0) is 14.3 Å². The highest BCUT2D eigenvalue weighted by Crippen LogP contribution is 2.19. The fourth-order valence-corrected chi connectivity index (χ4v) is 11.5. The summed E-state index contributed by atoms with van der Waals surface area (Å²) in [5, 5.41) is 23.3. The molecule has 0 aromatic carbocycles. The van der Waals surface area contributed by atoms with Crippen LogP contribution in [0.15, 0.2) is 24.3 Å². The molecule has 0 rings (SSSR count). The maximum absolute atomic E-state index is 12.5. The van der Waals surface area contributed by atoms with Gasteiger partial charge in [0.05, 0.1) is 25.4 Å². The minimum atomic E-state index is -0.658. The van der Waals surface area contributed by atoms with E-state index in [1.54, 1.807) is 0 Å². The molecule has 0 aliphatic carbocycles. The lowest BCUT2D eigenvalue weighted by atomic mass is 10.0. The lowest BCUT2D eigenvalue weighted by Crippen LogP contribution is -2.45. The molecule has 6 nitrogen and oxygen atoms in total. The maximum atomic E-state index is 12.5. The van der Waals surface area contributed by atoms with Crippen LogP contribution in [-0.4, -0.2) is 47.4 Å². The Morgan fingerprint density at radius 2 is 0.658 bits per heavy atom. The molecule has 468 valence electrons. The molecule has 2 unspecified atom stereocenters. The number of allylic oxidation sites excluding steroid dienone is 4. The van der Waals surface area contributed by atoms with Crippen molar-refractivity contribution in [2.24, 2.45) is 0 Å². The van der Waals surface area contributed by atoms with Crippen LogP contribution in [0, 0.1) is 0 Å². The van der Waals surface area contributed by atoms with Gasteiger partial charge in [0.1, 0.15) is 0 Å². The lowest BCUT2D eigenvalue weighted by Gasteiger charge is -2.22. The number of nitrogens with one attached hydrogen (secondary N) is 1. The largest absolute Gasteiger partial charge is 0.466 e. The zero-order valence-electron chi connectivity index (χ0n) is 53.6. The van der Waals surface area contributed by atoms with Crippen LogP contribution in [0.1, 0.15) is 406 Å². The number of unbranched alkanes of at least 4 members (excludes halogenated alkanes) is 53. The van der Waals surface area contributed by atoms with Gasteiger partial charge in [-0.15, -0.1) is 0 Å². The highest BCUT2D eigenvalue weighted by atomic mass is 16.5.